The molecule has 0 aromatic heterocycles. The molecule has 0 aliphatic heterocycles. The van der Waals surface area contributed by atoms with Crippen LogP contribution in [0.4, 0.5) is 0 Å². The van der Waals surface area contributed by atoms with Crippen LogP contribution in [0.15, 0.2) is 58.1 Å². The Hall–Kier alpha value is -1.41. The fraction of sp³-hybridized carbons (Fsp3) is 0.0667. The second-order valence-corrected chi connectivity index (χ2v) is 6.25. The first-order valence-corrected chi connectivity index (χ1v) is 7.96. The van der Waals surface area contributed by atoms with Crippen LogP contribution in [0.25, 0.3) is 0 Å². The average Bonchev–Trinajstić information content (AvgIpc) is 2.49. The molecule has 6 heteroatoms. The van der Waals surface area contributed by atoms with E-state index in [2.05, 4.69) is 49.0 Å². The molecule has 2 aromatic carbocycles. The first-order valence-electron chi connectivity index (χ1n) is 6.09. The van der Waals surface area contributed by atoms with Crippen molar-refractivity contribution in [1.82, 2.24) is 5.43 Å². The monoisotopic (exact) mass is 458 g/mol. The number of carbonyl (C=O) groups is 1. The zero-order valence-corrected chi connectivity index (χ0v) is 14.7. The average molecular weight is 459 g/mol. The lowest BCUT2D eigenvalue weighted by Gasteiger charge is -2.04. The zero-order valence-electron chi connectivity index (χ0n) is 10.9. The minimum Gasteiger partial charge on any atom is -0.484 e. The summed E-state index contributed by atoms with van der Waals surface area (Å²) in [6.07, 6.45) is 1.59. The third-order valence-corrected chi connectivity index (χ3v) is 3.70. The summed E-state index contributed by atoms with van der Waals surface area (Å²) in [6, 6.07) is 15.1. The van der Waals surface area contributed by atoms with Crippen LogP contribution < -0.4 is 10.2 Å². The maximum atomic E-state index is 11.6. The van der Waals surface area contributed by atoms with E-state index in [1.165, 1.54) is 0 Å². The fourth-order valence-electron chi connectivity index (χ4n) is 1.44. The summed E-state index contributed by atoms with van der Waals surface area (Å²) < 4.78 is 7.44. The number of rotatable bonds is 5. The highest BCUT2D eigenvalue weighted by Gasteiger charge is 2.01. The summed E-state index contributed by atoms with van der Waals surface area (Å²) in [5, 5.41) is 3.88. The van der Waals surface area contributed by atoms with E-state index in [9.17, 15) is 4.79 Å². The van der Waals surface area contributed by atoms with Crippen molar-refractivity contribution in [3.63, 3.8) is 0 Å². The first kappa shape index (κ1) is 16.0. The van der Waals surface area contributed by atoms with E-state index in [1.807, 2.05) is 36.4 Å². The zero-order chi connectivity index (χ0) is 15.1. The topological polar surface area (TPSA) is 50.7 Å². The second-order valence-electron chi connectivity index (χ2n) is 4.09. The molecule has 4 nitrogen and oxygen atoms in total. The normalized spacial score (nSPS) is 10.6. The molecule has 0 atom stereocenters. The highest BCUT2D eigenvalue weighted by Crippen LogP contribution is 2.15. The van der Waals surface area contributed by atoms with Gasteiger partial charge < -0.3 is 4.74 Å². The molecular formula is C15H12BrIN2O2. The highest BCUT2D eigenvalue weighted by molar-refractivity contribution is 14.1. The highest BCUT2D eigenvalue weighted by atomic mass is 127. The molecule has 0 heterocycles. The molecule has 1 amide bonds. The number of amides is 1. The molecule has 0 fully saturated rings. The number of halogens is 2. The summed E-state index contributed by atoms with van der Waals surface area (Å²) in [5.74, 6) is 0.328. The molecule has 0 bridgehead atoms. The molecule has 0 aliphatic rings. The van der Waals surface area contributed by atoms with Crippen LogP contribution in [-0.4, -0.2) is 18.7 Å². The van der Waals surface area contributed by atoms with Crippen molar-refractivity contribution >= 4 is 50.6 Å². The predicted octanol–water partition coefficient (Wildman–Crippen LogP) is 3.58. The minimum atomic E-state index is -0.306. The maximum Gasteiger partial charge on any atom is 0.277 e. The molecule has 2 rings (SSSR count). The number of nitrogens with one attached hydrogen (secondary N) is 1. The van der Waals surface area contributed by atoms with Crippen LogP contribution in [0.5, 0.6) is 5.75 Å². The summed E-state index contributed by atoms with van der Waals surface area (Å²) in [4.78, 5) is 11.6. The summed E-state index contributed by atoms with van der Waals surface area (Å²) >= 11 is 5.56. The van der Waals surface area contributed by atoms with Crippen molar-refractivity contribution in [2.75, 3.05) is 6.61 Å². The number of hydrogen-bond acceptors (Lipinski definition) is 3. The van der Waals surface area contributed by atoms with Crippen molar-refractivity contribution < 1.29 is 9.53 Å². The summed E-state index contributed by atoms with van der Waals surface area (Å²) in [5.41, 5.74) is 3.34. The van der Waals surface area contributed by atoms with E-state index in [-0.39, 0.29) is 12.5 Å². The van der Waals surface area contributed by atoms with Gasteiger partial charge in [0.2, 0.25) is 0 Å². The fourth-order valence-corrected chi connectivity index (χ4v) is 2.06. The van der Waals surface area contributed by atoms with E-state index in [0.717, 1.165) is 13.6 Å². The van der Waals surface area contributed by atoms with Crippen LogP contribution in [0.1, 0.15) is 5.56 Å². The van der Waals surface area contributed by atoms with Gasteiger partial charge in [0.15, 0.2) is 6.61 Å². The molecule has 0 saturated heterocycles. The lowest BCUT2D eigenvalue weighted by Crippen LogP contribution is -2.24. The van der Waals surface area contributed by atoms with Crippen molar-refractivity contribution in [3.8, 4) is 5.75 Å². The lowest BCUT2D eigenvalue weighted by molar-refractivity contribution is -0.123. The van der Waals surface area contributed by atoms with Gasteiger partial charge in [-0.2, -0.15) is 5.10 Å². The van der Waals surface area contributed by atoms with E-state index in [0.29, 0.717) is 5.75 Å². The van der Waals surface area contributed by atoms with E-state index >= 15 is 0 Å². The van der Waals surface area contributed by atoms with Crippen molar-refractivity contribution in [1.29, 1.82) is 0 Å². The van der Waals surface area contributed by atoms with Crippen molar-refractivity contribution in [2.24, 2.45) is 5.10 Å². The van der Waals surface area contributed by atoms with Gasteiger partial charge in [0.1, 0.15) is 5.75 Å². The molecule has 0 saturated carbocycles. The standard InChI is InChI=1S/C15H12BrIN2O2/c16-12-3-7-14(8-4-12)21-10-15(20)19-18-9-11-1-5-13(17)6-2-11/h1-9H,10H2,(H,19,20). The number of hydrazone groups is 1. The van der Waals surface area contributed by atoms with Gasteiger partial charge in [-0.15, -0.1) is 0 Å². The Labute approximate surface area is 144 Å². The summed E-state index contributed by atoms with van der Waals surface area (Å²) in [6.45, 7) is -0.0777. The van der Waals surface area contributed by atoms with Gasteiger partial charge in [0, 0.05) is 8.04 Å². The van der Waals surface area contributed by atoms with Crippen LogP contribution in [0.2, 0.25) is 0 Å². The predicted molar refractivity (Wildman–Crippen MR) is 94.5 cm³/mol. The molecule has 2 aromatic rings. The van der Waals surface area contributed by atoms with E-state index < -0.39 is 0 Å². The number of nitrogens with zero attached hydrogens (tertiary/aromatic N) is 1. The van der Waals surface area contributed by atoms with Crippen molar-refractivity contribution in [2.45, 2.75) is 0 Å². The molecule has 108 valence electrons. The first-order chi connectivity index (χ1) is 10.1. The van der Waals surface area contributed by atoms with Crippen molar-refractivity contribution in [3.05, 3.63) is 62.1 Å². The van der Waals surface area contributed by atoms with Crippen LogP contribution in [0.3, 0.4) is 0 Å². The number of carbonyl (C=O) groups excluding carboxylic acids is 1. The Morgan fingerprint density at radius 2 is 1.86 bits per heavy atom. The Morgan fingerprint density at radius 1 is 1.19 bits per heavy atom. The SMILES string of the molecule is O=C(COc1ccc(Br)cc1)NN=Cc1ccc(I)cc1. The molecule has 0 radical (unpaired) electrons. The Balaban J connectivity index is 1.77. The Kier molecular flexibility index (Phi) is 6.19. The third-order valence-electron chi connectivity index (χ3n) is 2.46. The number of ether oxygens (including phenoxy) is 1. The quantitative estimate of drug-likeness (QED) is 0.423. The van der Waals surface area contributed by atoms with Gasteiger partial charge in [-0.25, -0.2) is 5.43 Å². The molecule has 0 unspecified atom stereocenters. The number of hydrogen-bond donors (Lipinski definition) is 1. The van der Waals surface area contributed by atoms with Gasteiger partial charge >= 0.3 is 0 Å². The van der Waals surface area contributed by atoms with Crippen LogP contribution in [-0.2, 0) is 4.79 Å². The van der Waals surface area contributed by atoms with Gasteiger partial charge in [0.25, 0.3) is 5.91 Å². The Bertz CT molecular complexity index is 627. The van der Waals surface area contributed by atoms with Crippen LogP contribution in [0, 0.1) is 3.57 Å². The van der Waals surface area contributed by atoms with E-state index in [1.54, 1.807) is 18.3 Å². The van der Waals surface area contributed by atoms with Gasteiger partial charge in [-0.3, -0.25) is 4.79 Å². The molecular weight excluding hydrogens is 447 g/mol. The molecule has 0 spiro atoms. The minimum absolute atomic E-state index is 0.0777. The molecule has 1 N–H and O–H groups in total. The van der Waals surface area contributed by atoms with E-state index in [4.69, 9.17) is 4.74 Å². The van der Waals surface area contributed by atoms with Gasteiger partial charge in [-0.05, 0) is 64.6 Å². The smallest absolute Gasteiger partial charge is 0.277 e. The Morgan fingerprint density at radius 3 is 2.52 bits per heavy atom. The van der Waals surface area contributed by atoms with Gasteiger partial charge in [0.05, 0.1) is 6.21 Å². The van der Waals surface area contributed by atoms with Crippen LogP contribution >= 0.6 is 38.5 Å². The third kappa shape index (κ3) is 5.84. The second kappa shape index (κ2) is 8.14. The molecule has 0 aliphatic carbocycles. The van der Waals surface area contributed by atoms with Gasteiger partial charge in [-0.1, -0.05) is 28.1 Å². The molecule has 21 heavy (non-hydrogen) atoms. The maximum absolute atomic E-state index is 11.6. The summed E-state index contributed by atoms with van der Waals surface area (Å²) in [7, 11) is 0. The number of benzene rings is 2. The lowest BCUT2D eigenvalue weighted by atomic mass is 10.2. The largest absolute Gasteiger partial charge is 0.484 e.